The summed E-state index contributed by atoms with van der Waals surface area (Å²) >= 11 is 1.67. The summed E-state index contributed by atoms with van der Waals surface area (Å²) in [6, 6.07) is 0.459. The summed E-state index contributed by atoms with van der Waals surface area (Å²) in [6.45, 7) is 6.09. The van der Waals surface area contributed by atoms with Crippen LogP contribution >= 0.6 is 11.3 Å². The standard InChI is InChI=1S/C17H19N7S/c1-10-8-23-9-14(21-11(2)15(23)20-10)16-22-13-7-19-24(17(13)25-16)12-3-5-18-6-4-12/h7-9,12,18H,3-6H2,1-2H3. The van der Waals surface area contributed by atoms with E-state index in [1.54, 1.807) is 11.3 Å². The van der Waals surface area contributed by atoms with Crippen molar-refractivity contribution in [3.63, 3.8) is 0 Å². The fraction of sp³-hybridized carbons (Fsp3) is 0.412. The maximum absolute atomic E-state index is 4.78. The maximum Gasteiger partial charge on any atom is 0.158 e. The summed E-state index contributed by atoms with van der Waals surface area (Å²) < 4.78 is 4.20. The largest absolute Gasteiger partial charge is 0.317 e. The second kappa shape index (κ2) is 5.60. The molecule has 1 aliphatic rings. The molecule has 7 nitrogen and oxygen atoms in total. The number of hydrogen-bond acceptors (Lipinski definition) is 6. The zero-order valence-corrected chi connectivity index (χ0v) is 15.0. The molecule has 1 aliphatic heterocycles. The van der Waals surface area contributed by atoms with Gasteiger partial charge >= 0.3 is 0 Å². The number of hydrogen-bond donors (Lipinski definition) is 1. The SMILES string of the molecule is Cc1cn2cc(-c3nc4cnn(C5CCNCC5)c4s3)nc(C)c2n1. The van der Waals surface area contributed by atoms with Gasteiger partial charge in [0.25, 0.3) is 0 Å². The van der Waals surface area contributed by atoms with E-state index in [1.807, 2.05) is 36.8 Å². The van der Waals surface area contributed by atoms with Crippen molar-refractivity contribution in [2.24, 2.45) is 0 Å². The number of fused-ring (bicyclic) bond motifs is 2. The molecule has 4 aromatic heterocycles. The molecule has 128 valence electrons. The van der Waals surface area contributed by atoms with Gasteiger partial charge in [-0.1, -0.05) is 11.3 Å². The molecule has 0 amide bonds. The first-order chi connectivity index (χ1) is 12.2. The number of rotatable bonds is 2. The second-order valence-electron chi connectivity index (χ2n) is 6.60. The lowest BCUT2D eigenvalue weighted by molar-refractivity contribution is 0.352. The van der Waals surface area contributed by atoms with Crippen LogP contribution in [0.15, 0.2) is 18.6 Å². The summed E-state index contributed by atoms with van der Waals surface area (Å²) in [7, 11) is 0. The van der Waals surface area contributed by atoms with Crippen molar-refractivity contribution in [3.05, 3.63) is 30.0 Å². The second-order valence-corrected chi connectivity index (χ2v) is 7.58. The van der Waals surface area contributed by atoms with E-state index in [4.69, 9.17) is 9.97 Å². The number of aromatic nitrogens is 6. The molecule has 5 rings (SSSR count). The number of thiazole rings is 1. The Morgan fingerprint density at radius 2 is 1.96 bits per heavy atom. The van der Waals surface area contributed by atoms with Gasteiger partial charge in [-0.05, 0) is 39.8 Å². The molecule has 0 spiro atoms. The van der Waals surface area contributed by atoms with E-state index in [9.17, 15) is 0 Å². The summed E-state index contributed by atoms with van der Waals surface area (Å²) in [5.74, 6) is 0. The molecule has 1 saturated heterocycles. The van der Waals surface area contributed by atoms with Crippen molar-refractivity contribution in [1.82, 2.24) is 34.4 Å². The third-order valence-electron chi connectivity index (χ3n) is 4.75. The van der Waals surface area contributed by atoms with Gasteiger partial charge in [0.05, 0.1) is 23.6 Å². The Morgan fingerprint density at radius 1 is 1.12 bits per heavy atom. The lowest BCUT2D eigenvalue weighted by Crippen LogP contribution is -2.29. The highest BCUT2D eigenvalue weighted by Crippen LogP contribution is 2.32. The maximum atomic E-state index is 4.78. The fourth-order valence-electron chi connectivity index (χ4n) is 3.54. The molecule has 1 N–H and O–H groups in total. The van der Waals surface area contributed by atoms with Crippen molar-refractivity contribution < 1.29 is 0 Å². The van der Waals surface area contributed by atoms with Crippen molar-refractivity contribution in [1.29, 1.82) is 0 Å². The van der Waals surface area contributed by atoms with Crippen molar-refractivity contribution in [2.75, 3.05) is 13.1 Å². The van der Waals surface area contributed by atoms with Crippen LogP contribution in [0.25, 0.3) is 26.7 Å². The molecular weight excluding hydrogens is 334 g/mol. The van der Waals surface area contributed by atoms with Gasteiger partial charge in [-0.2, -0.15) is 5.10 Å². The van der Waals surface area contributed by atoms with Crippen LogP contribution in [0.4, 0.5) is 0 Å². The first-order valence-corrected chi connectivity index (χ1v) is 9.39. The quantitative estimate of drug-likeness (QED) is 0.600. The predicted octanol–water partition coefficient (Wildman–Crippen LogP) is 2.74. The van der Waals surface area contributed by atoms with Crippen LogP contribution in [0, 0.1) is 13.8 Å². The molecule has 1 fully saturated rings. The highest BCUT2D eigenvalue weighted by Gasteiger charge is 2.21. The third kappa shape index (κ3) is 2.44. The fourth-order valence-corrected chi connectivity index (χ4v) is 4.56. The Kier molecular flexibility index (Phi) is 3.36. The van der Waals surface area contributed by atoms with Crippen LogP contribution in [0.1, 0.15) is 30.3 Å². The van der Waals surface area contributed by atoms with Crippen LogP contribution in [-0.4, -0.2) is 42.2 Å². The summed E-state index contributed by atoms with van der Waals surface area (Å²) in [6.07, 6.45) is 8.15. The van der Waals surface area contributed by atoms with Crippen LogP contribution in [0.5, 0.6) is 0 Å². The van der Waals surface area contributed by atoms with Crippen LogP contribution in [0.2, 0.25) is 0 Å². The predicted molar refractivity (Wildman–Crippen MR) is 98.0 cm³/mol. The van der Waals surface area contributed by atoms with E-state index in [0.717, 1.165) is 64.0 Å². The van der Waals surface area contributed by atoms with Crippen molar-refractivity contribution in [2.45, 2.75) is 32.7 Å². The Labute approximate surface area is 148 Å². The molecule has 25 heavy (non-hydrogen) atoms. The molecule has 0 unspecified atom stereocenters. The monoisotopic (exact) mass is 353 g/mol. The molecule has 0 aromatic carbocycles. The van der Waals surface area contributed by atoms with Crippen molar-refractivity contribution in [3.8, 4) is 10.7 Å². The average Bonchev–Trinajstić information content (AvgIpc) is 3.28. The Hall–Kier alpha value is -2.32. The minimum Gasteiger partial charge on any atom is -0.317 e. The van der Waals surface area contributed by atoms with E-state index in [-0.39, 0.29) is 0 Å². The Morgan fingerprint density at radius 3 is 2.80 bits per heavy atom. The van der Waals surface area contributed by atoms with Crippen molar-refractivity contribution >= 4 is 27.3 Å². The summed E-state index contributed by atoms with van der Waals surface area (Å²) in [4.78, 5) is 15.2. The Bertz CT molecular complexity index is 1070. The van der Waals surface area contributed by atoms with Gasteiger partial charge < -0.3 is 9.72 Å². The molecule has 0 saturated carbocycles. The lowest BCUT2D eigenvalue weighted by atomic mass is 10.1. The van der Waals surface area contributed by atoms with Gasteiger partial charge in [-0.15, -0.1) is 0 Å². The molecular formula is C17H19N7S. The summed E-state index contributed by atoms with van der Waals surface area (Å²) in [5, 5.41) is 8.93. The van der Waals surface area contributed by atoms with Crippen LogP contribution in [0.3, 0.4) is 0 Å². The van der Waals surface area contributed by atoms with Gasteiger partial charge in [0.15, 0.2) is 5.65 Å². The highest BCUT2D eigenvalue weighted by molar-refractivity contribution is 7.21. The lowest BCUT2D eigenvalue weighted by Gasteiger charge is -2.22. The molecule has 0 radical (unpaired) electrons. The molecule has 4 aromatic rings. The van der Waals surface area contributed by atoms with Gasteiger partial charge in [-0.25, -0.2) is 19.6 Å². The number of aryl methyl sites for hydroxylation is 2. The van der Waals surface area contributed by atoms with Gasteiger partial charge in [0.2, 0.25) is 0 Å². The zero-order chi connectivity index (χ0) is 17.0. The highest BCUT2D eigenvalue weighted by atomic mass is 32.1. The normalized spacial score (nSPS) is 16.2. The topological polar surface area (TPSA) is 72.9 Å². The van der Waals surface area contributed by atoms with E-state index in [2.05, 4.69) is 20.1 Å². The van der Waals surface area contributed by atoms with Gasteiger partial charge in [-0.3, -0.25) is 0 Å². The molecule has 8 heteroatoms. The summed E-state index contributed by atoms with van der Waals surface area (Å²) in [5.41, 5.74) is 4.67. The minimum atomic E-state index is 0.459. The van der Waals surface area contributed by atoms with Crippen LogP contribution in [-0.2, 0) is 0 Å². The number of imidazole rings is 1. The average molecular weight is 353 g/mol. The van der Waals surface area contributed by atoms with Crippen LogP contribution < -0.4 is 5.32 Å². The molecule has 5 heterocycles. The van der Waals surface area contributed by atoms with E-state index in [1.165, 1.54) is 0 Å². The van der Waals surface area contributed by atoms with E-state index < -0.39 is 0 Å². The number of nitrogens with zero attached hydrogens (tertiary/aromatic N) is 6. The zero-order valence-electron chi connectivity index (χ0n) is 14.2. The van der Waals surface area contributed by atoms with Gasteiger partial charge in [0, 0.05) is 12.4 Å². The first-order valence-electron chi connectivity index (χ1n) is 8.57. The molecule has 0 bridgehead atoms. The number of piperidine rings is 1. The molecule has 0 atom stereocenters. The third-order valence-corrected chi connectivity index (χ3v) is 5.83. The molecule has 0 aliphatic carbocycles. The Balaban J connectivity index is 1.60. The number of nitrogens with one attached hydrogen (secondary N) is 1. The first kappa shape index (κ1) is 15.0. The smallest absolute Gasteiger partial charge is 0.158 e. The minimum absolute atomic E-state index is 0.459. The van der Waals surface area contributed by atoms with E-state index in [0.29, 0.717) is 6.04 Å². The van der Waals surface area contributed by atoms with E-state index >= 15 is 0 Å². The van der Waals surface area contributed by atoms with Gasteiger partial charge in [0.1, 0.15) is 21.0 Å².